The fourth-order valence-corrected chi connectivity index (χ4v) is 3.40. The molecule has 0 saturated heterocycles. The molecular formula is C13H10BrCl2NOS. The average molecular weight is 379 g/mol. The van der Waals surface area contributed by atoms with Crippen LogP contribution in [0, 0.1) is 0 Å². The number of alkyl halides is 1. The first-order valence-electron chi connectivity index (χ1n) is 5.47. The molecule has 6 heteroatoms. The zero-order valence-electron chi connectivity index (χ0n) is 9.75. The van der Waals surface area contributed by atoms with Crippen LogP contribution in [0.3, 0.4) is 0 Å². The van der Waals surface area contributed by atoms with Gasteiger partial charge in [0.1, 0.15) is 4.34 Å². The van der Waals surface area contributed by atoms with Gasteiger partial charge in [0, 0.05) is 11.9 Å². The van der Waals surface area contributed by atoms with Crippen LogP contribution in [-0.2, 0) is 11.9 Å². The minimum absolute atomic E-state index is 0.211. The molecule has 19 heavy (non-hydrogen) atoms. The molecule has 0 bridgehead atoms. The van der Waals surface area contributed by atoms with Gasteiger partial charge in [-0.2, -0.15) is 0 Å². The first-order valence-corrected chi connectivity index (χ1v) is 8.16. The second kappa shape index (κ2) is 6.75. The Bertz CT molecular complexity index is 600. The van der Waals surface area contributed by atoms with E-state index in [0.717, 1.165) is 10.9 Å². The Kier molecular flexibility index (Phi) is 5.28. The van der Waals surface area contributed by atoms with Crippen molar-refractivity contribution in [3.63, 3.8) is 0 Å². The average Bonchev–Trinajstić information content (AvgIpc) is 2.75. The number of nitrogens with one attached hydrogen (secondary N) is 1. The Morgan fingerprint density at radius 1 is 1.26 bits per heavy atom. The van der Waals surface area contributed by atoms with E-state index in [9.17, 15) is 4.79 Å². The number of hydrogen-bond donors (Lipinski definition) is 1. The first kappa shape index (κ1) is 14.9. The fraction of sp³-hybridized carbons (Fsp3) is 0.154. The highest BCUT2D eigenvalue weighted by Crippen LogP contribution is 2.30. The molecule has 1 N–H and O–H groups in total. The summed E-state index contributed by atoms with van der Waals surface area (Å²) in [6, 6.07) is 9.58. The van der Waals surface area contributed by atoms with Gasteiger partial charge in [-0.25, -0.2) is 0 Å². The number of hydrogen-bond acceptors (Lipinski definition) is 2. The van der Waals surface area contributed by atoms with Gasteiger partial charge >= 0.3 is 0 Å². The summed E-state index contributed by atoms with van der Waals surface area (Å²) < 4.78 is 0.924. The van der Waals surface area contributed by atoms with Crippen LogP contribution in [0.15, 0.2) is 30.3 Å². The van der Waals surface area contributed by atoms with E-state index in [0.29, 0.717) is 20.8 Å². The SMILES string of the molecule is O=C(NCc1cccc(CBr)c1)c1cc(Cl)sc1Cl. The van der Waals surface area contributed by atoms with Crippen LogP contribution in [0.5, 0.6) is 0 Å². The lowest BCUT2D eigenvalue weighted by atomic mass is 10.1. The third kappa shape index (κ3) is 3.96. The van der Waals surface area contributed by atoms with Crippen LogP contribution in [0.25, 0.3) is 0 Å². The summed E-state index contributed by atoms with van der Waals surface area (Å²) in [5.41, 5.74) is 2.64. The normalized spacial score (nSPS) is 10.5. The van der Waals surface area contributed by atoms with Crippen molar-refractivity contribution < 1.29 is 4.79 Å². The summed E-state index contributed by atoms with van der Waals surface area (Å²) in [6.07, 6.45) is 0. The first-order chi connectivity index (χ1) is 9.10. The van der Waals surface area contributed by atoms with Gasteiger partial charge in [0.05, 0.1) is 9.90 Å². The standard InChI is InChI=1S/C13H10BrCl2NOS/c14-6-8-2-1-3-9(4-8)7-17-13(18)10-5-11(15)19-12(10)16/h1-5H,6-7H2,(H,17,18). The molecule has 0 atom stereocenters. The lowest BCUT2D eigenvalue weighted by molar-refractivity contribution is 0.0951. The highest BCUT2D eigenvalue weighted by atomic mass is 79.9. The van der Waals surface area contributed by atoms with Crippen molar-refractivity contribution in [2.45, 2.75) is 11.9 Å². The number of amides is 1. The molecular weight excluding hydrogens is 369 g/mol. The minimum Gasteiger partial charge on any atom is -0.348 e. The second-order valence-corrected chi connectivity index (χ2v) is 6.72. The van der Waals surface area contributed by atoms with Gasteiger partial charge in [-0.15, -0.1) is 11.3 Å². The van der Waals surface area contributed by atoms with Gasteiger partial charge in [0.15, 0.2) is 0 Å². The molecule has 0 unspecified atom stereocenters. The summed E-state index contributed by atoms with van der Waals surface area (Å²) >= 11 is 16.3. The summed E-state index contributed by atoms with van der Waals surface area (Å²) in [5.74, 6) is -0.211. The maximum atomic E-state index is 11.9. The third-order valence-electron chi connectivity index (χ3n) is 2.50. The van der Waals surface area contributed by atoms with E-state index >= 15 is 0 Å². The van der Waals surface area contributed by atoms with Crippen molar-refractivity contribution in [3.8, 4) is 0 Å². The molecule has 0 spiro atoms. The highest BCUT2D eigenvalue weighted by molar-refractivity contribution is 9.08. The van der Waals surface area contributed by atoms with Gasteiger partial charge in [-0.3, -0.25) is 4.79 Å². The molecule has 1 aromatic carbocycles. The monoisotopic (exact) mass is 377 g/mol. The van der Waals surface area contributed by atoms with Gasteiger partial charge in [0.25, 0.3) is 5.91 Å². The molecule has 1 amide bonds. The van der Waals surface area contributed by atoms with Crippen LogP contribution in [0.4, 0.5) is 0 Å². The molecule has 1 heterocycles. The largest absolute Gasteiger partial charge is 0.348 e. The van der Waals surface area contributed by atoms with E-state index in [-0.39, 0.29) is 5.91 Å². The van der Waals surface area contributed by atoms with Crippen molar-refractivity contribution in [3.05, 3.63) is 55.7 Å². The van der Waals surface area contributed by atoms with E-state index in [1.807, 2.05) is 24.3 Å². The number of benzene rings is 1. The highest BCUT2D eigenvalue weighted by Gasteiger charge is 2.13. The zero-order chi connectivity index (χ0) is 13.8. The molecule has 0 fully saturated rings. The number of rotatable bonds is 4. The third-order valence-corrected chi connectivity index (χ3v) is 4.64. The lowest BCUT2D eigenvalue weighted by Crippen LogP contribution is -2.22. The number of carbonyl (C=O) groups is 1. The van der Waals surface area contributed by atoms with Crippen molar-refractivity contribution in [1.82, 2.24) is 5.32 Å². The second-order valence-electron chi connectivity index (χ2n) is 3.87. The molecule has 0 aliphatic heterocycles. The summed E-state index contributed by atoms with van der Waals surface area (Å²) in [4.78, 5) is 11.9. The fourth-order valence-electron chi connectivity index (χ4n) is 1.60. The maximum Gasteiger partial charge on any atom is 0.253 e. The van der Waals surface area contributed by atoms with Gasteiger partial charge in [-0.05, 0) is 17.2 Å². The lowest BCUT2D eigenvalue weighted by Gasteiger charge is -2.05. The zero-order valence-corrected chi connectivity index (χ0v) is 13.7. The topological polar surface area (TPSA) is 29.1 Å². The number of carbonyl (C=O) groups excluding carboxylic acids is 1. The molecule has 0 aliphatic carbocycles. The van der Waals surface area contributed by atoms with E-state index in [4.69, 9.17) is 23.2 Å². The Morgan fingerprint density at radius 3 is 2.63 bits per heavy atom. The molecule has 0 aliphatic rings. The predicted octanol–water partition coefficient (Wildman–Crippen LogP) is 4.88. The molecule has 100 valence electrons. The molecule has 2 nitrogen and oxygen atoms in total. The van der Waals surface area contributed by atoms with Crippen molar-refractivity contribution in [2.24, 2.45) is 0 Å². The van der Waals surface area contributed by atoms with E-state index in [1.54, 1.807) is 6.07 Å². The van der Waals surface area contributed by atoms with E-state index in [2.05, 4.69) is 21.2 Å². The number of halogens is 3. The molecule has 2 aromatic rings. The van der Waals surface area contributed by atoms with Gasteiger partial charge in [-0.1, -0.05) is 63.4 Å². The maximum absolute atomic E-state index is 11.9. The van der Waals surface area contributed by atoms with Crippen LogP contribution in [0.1, 0.15) is 21.5 Å². The van der Waals surface area contributed by atoms with E-state index in [1.165, 1.54) is 16.9 Å². The van der Waals surface area contributed by atoms with E-state index < -0.39 is 0 Å². The molecule has 2 rings (SSSR count). The summed E-state index contributed by atoms with van der Waals surface area (Å²) in [6.45, 7) is 0.462. The molecule has 0 saturated carbocycles. The summed E-state index contributed by atoms with van der Waals surface area (Å²) in [5, 5.41) is 3.62. The van der Waals surface area contributed by atoms with Crippen LogP contribution >= 0.6 is 50.5 Å². The number of thiophene rings is 1. The predicted molar refractivity (Wildman–Crippen MR) is 84.6 cm³/mol. The van der Waals surface area contributed by atoms with Gasteiger partial charge in [0.2, 0.25) is 0 Å². The van der Waals surface area contributed by atoms with Crippen molar-refractivity contribution in [2.75, 3.05) is 0 Å². The smallest absolute Gasteiger partial charge is 0.253 e. The van der Waals surface area contributed by atoms with Crippen molar-refractivity contribution in [1.29, 1.82) is 0 Å². The minimum atomic E-state index is -0.211. The van der Waals surface area contributed by atoms with Crippen LogP contribution in [0.2, 0.25) is 8.67 Å². The van der Waals surface area contributed by atoms with Gasteiger partial charge < -0.3 is 5.32 Å². The Hall–Kier alpha value is -0.550. The van der Waals surface area contributed by atoms with Crippen LogP contribution < -0.4 is 5.32 Å². The Labute approximate surface area is 133 Å². The Balaban J connectivity index is 2.02. The molecule has 1 aromatic heterocycles. The van der Waals surface area contributed by atoms with Crippen molar-refractivity contribution >= 4 is 56.4 Å². The van der Waals surface area contributed by atoms with Crippen LogP contribution in [-0.4, -0.2) is 5.91 Å². The molecule has 0 radical (unpaired) electrons. The Morgan fingerprint density at radius 2 is 2.00 bits per heavy atom. The quantitative estimate of drug-likeness (QED) is 0.754. The summed E-state index contributed by atoms with van der Waals surface area (Å²) in [7, 11) is 0.